The lowest BCUT2D eigenvalue weighted by atomic mass is 10.2. The summed E-state index contributed by atoms with van der Waals surface area (Å²) >= 11 is 3.40. The van der Waals surface area contributed by atoms with Gasteiger partial charge in [0.05, 0.1) is 6.61 Å². The molecule has 0 bridgehead atoms. The second-order valence-electron chi connectivity index (χ2n) is 2.98. The van der Waals surface area contributed by atoms with Crippen LogP contribution >= 0.6 is 15.9 Å². The summed E-state index contributed by atoms with van der Waals surface area (Å²) in [5, 5.41) is 0. The summed E-state index contributed by atoms with van der Waals surface area (Å²) in [6.07, 6.45) is 0.747. The lowest BCUT2D eigenvalue weighted by Gasteiger charge is -2.09. The van der Waals surface area contributed by atoms with Crippen molar-refractivity contribution >= 4 is 15.9 Å². The van der Waals surface area contributed by atoms with Crippen molar-refractivity contribution in [1.82, 2.24) is 0 Å². The molecule has 0 amide bonds. The fourth-order valence-electron chi connectivity index (χ4n) is 1.19. The predicted octanol–water partition coefficient (Wildman–Crippen LogP) is 2.70. The highest BCUT2D eigenvalue weighted by atomic mass is 79.9. The van der Waals surface area contributed by atoms with E-state index < -0.39 is 0 Å². The second-order valence-corrected chi connectivity index (χ2v) is 3.90. The molecule has 0 saturated carbocycles. The highest BCUT2D eigenvalue weighted by Gasteiger charge is 2.02. The summed E-state index contributed by atoms with van der Waals surface area (Å²) in [4.78, 5) is 0. The van der Waals surface area contributed by atoms with Crippen LogP contribution < -0.4 is 10.5 Å². The van der Waals surface area contributed by atoms with Crippen LogP contribution in [0.5, 0.6) is 5.75 Å². The molecule has 1 aromatic carbocycles. The smallest absolute Gasteiger partial charge is 0.123 e. The molecule has 0 aromatic heterocycles. The van der Waals surface area contributed by atoms with Crippen molar-refractivity contribution in [3.05, 3.63) is 28.2 Å². The van der Waals surface area contributed by atoms with Crippen LogP contribution in [0.25, 0.3) is 0 Å². The lowest BCUT2D eigenvalue weighted by molar-refractivity contribution is 0.324. The molecule has 0 atom stereocenters. The minimum absolute atomic E-state index is 0.480. The molecule has 1 rings (SSSR count). The fourth-order valence-corrected chi connectivity index (χ4v) is 1.59. The molecule has 0 unspecified atom stereocenters. The van der Waals surface area contributed by atoms with Gasteiger partial charge in [-0.2, -0.15) is 0 Å². The maximum atomic E-state index is 5.62. The van der Waals surface area contributed by atoms with E-state index in [0.717, 1.165) is 22.2 Å². The number of nitrogens with two attached hydrogens (primary N) is 1. The van der Waals surface area contributed by atoms with Crippen LogP contribution in [0.2, 0.25) is 0 Å². The normalized spacial score (nSPS) is 9.27. The van der Waals surface area contributed by atoms with Crippen LogP contribution in [-0.2, 0) is 6.54 Å². The van der Waals surface area contributed by atoms with Gasteiger partial charge in [-0.15, -0.1) is 11.8 Å². The molecule has 80 valence electrons. The molecule has 0 spiro atoms. The number of ether oxygens (including phenoxy) is 1. The molecule has 0 aliphatic carbocycles. The summed E-state index contributed by atoms with van der Waals surface area (Å²) < 4.78 is 6.60. The van der Waals surface area contributed by atoms with Gasteiger partial charge in [0.25, 0.3) is 0 Å². The maximum absolute atomic E-state index is 5.62. The van der Waals surface area contributed by atoms with Crippen LogP contribution in [0.4, 0.5) is 0 Å². The molecule has 0 saturated heterocycles. The van der Waals surface area contributed by atoms with Gasteiger partial charge in [0.2, 0.25) is 0 Å². The first-order chi connectivity index (χ1) is 7.27. The number of halogens is 1. The average molecular weight is 268 g/mol. The average Bonchev–Trinajstić information content (AvgIpc) is 2.26. The Balaban J connectivity index is 2.62. The molecule has 3 heteroatoms. The molecular formula is C12H14BrNO. The first kappa shape index (κ1) is 12.1. The topological polar surface area (TPSA) is 35.2 Å². The molecule has 2 N–H and O–H groups in total. The zero-order chi connectivity index (χ0) is 11.1. The number of benzene rings is 1. The van der Waals surface area contributed by atoms with E-state index in [1.165, 1.54) is 0 Å². The largest absolute Gasteiger partial charge is 0.492 e. The quantitative estimate of drug-likeness (QED) is 0.673. The predicted molar refractivity (Wildman–Crippen MR) is 65.6 cm³/mol. The lowest BCUT2D eigenvalue weighted by Crippen LogP contribution is -2.03. The van der Waals surface area contributed by atoms with E-state index in [9.17, 15) is 0 Å². The van der Waals surface area contributed by atoms with Crippen molar-refractivity contribution < 1.29 is 4.74 Å². The first-order valence-electron chi connectivity index (χ1n) is 4.79. The monoisotopic (exact) mass is 267 g/mol. The Bertz CT molecular complexity index is 379. The summed E-state index contributed by atoms with van der Waals surface area (Å²) in [6.45, 7) is 2.91. The van der Waals surface area contributed by atoms with Crippen molar-refractivity contribution in [2.24, 2.45) is 5.73 Å². The summed E-state index contributed by atoms with van der Waals surface area (Å²) in [5.74, 6) is 6.63. The van der Waals surface area contributed by atoms with Crippen molar-refractivity contribution in [3.8, 4) is 17.6 Å². The summed E-state index contributed by atoms with van der Waals surface area (Å²) in [6, 6.07) is 5.84. The Kier molecular flexibility index (Phi) is 5.23. The second kappa shape index (κ2) is 6.49. The molecular weight excluding hydrogens is 254 g/mol. The molecule has 0 aliphatic rings. The van der Waals surface area contributed by atoms with Crippen LogP contribution in [0.15, 0.2) is 22.7 Å². The third-order valence-corrected chi connectivity index (χ3v) is 2.40. The molecule has 2 nitrogen and oxygen atoms in total. The fraction of sp³-hybridized carbons (Fsp3) is 0.333. The third-order valence-electron chi connectivity index (χ3n) is 1.90. The van der Waals surface area contributed by atoms with Gasteiger partial charge in [-0.3, -0.25) is 0 Å². The number of hydrogen-bond acceptors (Lipinski definition) is 2. The van der Waals surface area contributed by atoms with E-state index in [4.69, 9.17) is 10.5 Å². The van der Waals surface area contributed by atoms with Gasteiger partial charge in [0, 0.05) is 23.0 Å². The Morgan fingerprint density at radius 1 is 1.47 bits per heavy atom. The minimum atomic E-state index is 0.480. The van der Waals surface area contributed by atoms with Crippen LogP contribution in [0, 0.1) is 11.8 Å². The number of rotatable bonds is 4. The van der Waals surface area contributed by atoms with Crippen molar-refractivity contribution in [2.75, 3.05) is 6.61 Å². The van der Waals surface area contributed by atoms with E-state index in [-0.39, 0.29) is 0 Å². The van der Waals surface area contributed by atoms with E-state index >= 15 is 0 Å². The van der Waals surface area contributed by atoms with Crippen LogP contribution in [0.1, 0.15) is 18.9 Å². The minimum Gasteiger partial charge on any atom is -0.492 e. The maximum Gasteiger partial charge on any atom is 0.123 e. The summed E-state index contributed by atoms with van der Waals surface area (Å²) in [7, 11) is 0. The van der Waals surface area contributed by atoms with E-state index in [1.54, 1.807) is 0 Å². The zero-order valence-corrected chi connectivity index (χ0v) is 10.3. The van der Waals surface area contributed by atoms with Crippen molar-refractivity contribution in [3.63, 3.8) is 0 Å². The van der Waals surface area contributed by atoms with Crippen molar-refractivity contribution in [2.45, 2.75) is 19.9 Å². The Hall–Kier alpha value is -0.980. The molecule has 15 heavy (non-hydrogen) atoms. The van der Waals surface area contributed by atoms with Gasteiger partial charge in [0.1, 0.15) is 5.75 Å². The Labute approximate surface area is 98.9 Å². The van der Waals surface area contributed by atoms with Gasteiger partial charge in [-0.05, 0) is 25.1 Å². The molecule has 0 radical (unpaired) electrons. The van der Waals surface area contributed by atoms with Gasteiger partial charge in [-0.1, -0.05) is 15.9 Å². The number of hydrogen-bond donors (Lipinski definition) is 1. The highest BCUT2D eigenvalue weighted by Crippen LogP contribution is 2.22. The Morgan fingerprint density at radius 3 is 2.93 bits per heavy atom. The van der Waals surface area contributed by atoms with E-state index in [2.05, 4.69) is 27.8 Å². The van der Waals surface area contributed by atoms with Crippen LogP contribution in [0.3, 0.4) is 0 Å². The SMILES string of the molecule is CC#CCCOc1ccc(Br)cc1CN. The van der Waals surface area contributed by atoms with Gasteiger partial charge < -0.3 is 10.5 Å². The Morgan fingerprint density at radius 2 is 2.27 bits per heavy atom. The standard InChI is InChI=1S/C12H14BrNO/c1-2-3-4-7-15-12-6-5-11(13)8-10(12)9-14/h5-6,8H,4,7,9,14H2,1H3. The van der Waals surface area contributed by atoms with Crippen molar-refractivity contribution in [1.29, 1.82) is 0 Å². The molecule has 0 fully saturated rings. The third kappa shape index (κ3) is 3.94. The van der Waals surface area contributed by atoms with Gasteiger partial charge in [0.15, 0.2) is 0 Å². The highest BCUT2D eigenvalue weighted by molar-refractivity contribution is 9.10. The molecule has 0 heterocycles. The van der Waals surface area contributed by atoms with Gasteiger partial charge >= 0.3 is 0 Å². The zero-order valence-electron chi connectivity index (χ0n) is 8.72. The van der Waals surface area contributed by atoms with Crippen LogP contribution in [-0.4, -0.2) is 6.61 Å². The molecule has 0 aliphatic heterocycles. The first-order valence-corrected chi connectivity index (χ1v) is 5.58. The summed E-state index contributed by atoms with van der Waals surface area (Å²) in [5.41, 5.74) is 6.63. The molecule has 1 aromatic rings. The van der Waals surface area contributed by atoms with E-state index in [0.29, 0.717) is 13.2 Å². The van der Waals surface area contributed by atoms with Gasteiger partial charge in [-0.25, -0.2) is 0 Å². The van der Waals surface area contributed by atoms with E-state index in [1.807, 2.05) is 25.1 Å².